The van der Waals surface area contributed by atoms with Gasteiger partial charge in [0.05, 0.1) is 43.8 Å². The summed E-state index contributed by atoms with van der Waals surface area (Å²) in [4.78, 5) is 17.4. The number of aryl methyl sites for hydroxylation is 1. The van der Waals surface area contributed by atoms with E-state index in [-0.39, 0.29) is 47.7 Å². The molecule has 3 heterocycles. The van der Waals surface area contributed by atoms with E-state index in [1.807, 2.05) is 40.7 Å². The van der Waals surface area contributed by atoms with Gasteiger partial charge >= 0.3 is 0 Å². The van der Waals surface area contributed by atoms with Crippen molar-refractivity contribution in [1.82, 2.24) is 9.21 Å². The van der Waals surface area contributed by atoms with E-state index in [4.69, 9.17) is 14.2 Å². The zero-order valence-electron chi connectivity index (χ0n) is 21.7. The largest absolute Gasteiger partial charge is 0.377 e. The molecular weight excluding hydrogens is 470 g/mol. The topological polar surface area (TPSA) is 88.6 Å². The van der Waals surface area contributed by atoms with Crippen LogP contribution < -0.4 is 4.90 Å². The molecule has 3 aliphatic rings. The Morgan fingerprint density at radius 2 is 1.83 bits per heavy atom. The predicted octanol–water partition coefficient (Wildman–Crippen LogP) is 2.37. The molecule has 196 valence electrons. The number of sulfonamides is 1. The molecule has 0 N–H and O–H groups in total. The van der Waals surface area contributed by atoms with Gasteiger partial charge in [-0.25, -0.2) is 8.42 Å². The monoisotopic (exact) mass is 509 g/mol. The molecule has 0 bridgehead atoms. The molecule has 0 unspecified atom stereocenters. The van der Waals surface area contributed by atoms with Crippen LogP contribution in [0.4, 0.5) is 5.69 Å². The van der Waals surface area contributed by atoms with E-state index >= 15 is 0 Å². The van der Waals surface area contributed by atoms with E-state index in [2.05, 4.69) is 4.90 Å². The van der Waals surface area contributed by atoms with E-state index in [0.29, 0.717) is 25.5 Å². The third-order valence-electron chi connectivity index (χ3n) is 7.35. The number of nitrogens with zero attached hydrogens (tertiary/aromatic N) is 3. The molecule has 0 radical (unpaired) electrons. The van der Waals surface area contributed by atoms with Gasteiger partial charge in [-0.1, -0.05) is 6.07 Å². The maximum absolute atomic E-state index is 14.0. The third-order valence-corrected chi connectivity index (χ3v) is 9.24. The Balaban J connectivity index is 1.62. The fourth-order valence-electron chi connectivity index (χ4n) is 5.20. The van der Waals surface area contributed by atoms with Gasteiger partial charge in [0.25, 0.3) is 5.91 Å². The van der Waals surface area contributed by atoms with Crippen LogP contribution in [0.5, 0.6) is 0 Å². The minimum atomic E-state index is -4.01. The molecular formula is C25H39N3O6S. The number of carbonyl (C=O) groups is 1. The molecule has 0 spiro atoms. The van der Waals surface area contributed by atoms with Crippen molar-refractivity contribution >= 4 is 21.6 Å². The normalized spacial score (nSPS) is 29.8. The van der Waals surface area contributed by atoms with Gasteiger partial charge in [0.15, 0.2) is 0 Å². The number of amides is 1. The molecule has 9 nitrogen and oxygen atoms in total. The summed E-state index contributed by atoms with van der Waals surface area (Å²) < 4.78 is 46.5. The van der Waals surface area contributed by atoms with Crippen LogP contribution in [0.15, 0.2) is 23.1 Å². The molecule has 1 aromatic carbocycles. The highest BCUT2D eigenvalue weighted by Gasteiger charge is 2.45. The highest BCUT2D eigenvalue weighted by molar-refractivity contribution is 7.89. The zero-order chi connectivity index (χ0) is 25.5. The number of hydrogen-bond donors (Lipinski definition) is 0. The van der Waals surface area contributed by atoms with Gasteiger partial charge in [-0.3, -0.25) is 4.79 Å². The van der Waals surface area contributed by atoms with Gasteiger partial charge in [-0.05, 0) is 65.2 Å². The highest BCUT2D eigenvalue weighted by atomic mass is 32.2. The van der Waals surface area contributed by atoms with Crippen LogP contribution in [-0.2, 0) is 29.0 Å². The van der Waals surface area contributed by atoms with Crippen molar-refractivity contribution < 1.29 is 27.4 Å². The van der Waals surface area contributed by atoms with Crippen molar-refractivity contribution in [3.63, 3.8) is 0 Å². The number of carbonyl (C=O) groups excluding carboxylic acids is 1. The second-order valence-corrected chi connectivity index (χ2v) is 12.5. The average molecular weight is 510 g/mol. The number of morpholine rings is 1. The Morgan fingerprint density at radius 1 is 1.14 bits per heavy atom. The molecule has 4 rings (SSSR count). The lowest BCUT2D eigenvalue weighted by molar-refractivity contribution is -0.152. The van der Waals surface area contributed by atoms with E-state index < -0.39 is 16.3 Å². The second kappa shape index (κ2) is 9.97. The van der Waals surface area contributed by atoms with Crippen molar-refractivity contribution in [2.24, 2.45) is 0 Å². The Hall–Kier alpha value is -1.72. The Kier molecular flexibility index (Phi) is 7.51. The van der Waals surface area contributed by atoms with Gasteiger partial charge in [0.2, 0.25) is 16.3 Å². The molecule has 1 aromatic rings. The number of likely N-dealkylation sites (N-methyl/N-ethyl adjacent to an activating group) is 1. The third kappa shape index (κ3) is 5.22. The fraction of sp³-hybridized carbons (Fsp3) is 0.720. The average Bonchev–Trinajstić information content (AvgIpc) is 3.29. The van der Waals surface area contributed by atoms with Gasteiger partial charge in [-0.15, -0.1) is 0 Å². The van der Waals surface area contributed by atoms with Gasteiger partial charge in [0.1, 0.15) is 4.90 Å². The van der Waals surface area contributed by atoms with E-state index in [1.165, 1.54) is 4.31 Å². The first kappa shape index (κ1) is 26.3. The Bertz CT molecular complexity index is 1030. The Morgan fingerprint density at radius 3 is 2.46 bits per heavy atom. The van der Waals surface area contributed by atoms with E-state index in [9.17, 15) is 13.2 Å². The fourth-order valence-corrected chi connectivity index (χ4v) is 6.84. The van der Waals surface area contributed by atoms with Crippen molar-refractivity contribution in [3.8, 4) is 0 Å². The first-order valence-corrected chi connectivity index (χ1v) is 13.9. The number of benzene rings is 1. The lowest BCUT2D eigenvalue weighted by Crippen LogP contribution is -2.53. The predicted molar refractivity (Wildman–Crippen MR) is 133 cm³/mol. The van der Waals surface area contributed by atoms with Crippen LogP contribution >= 0.6 is 0 Å². The van der Waals surface area contributed by atoms with Crippen molar-refractivity contribution in [1.29, 1.82) is 0 Å². The number of anilines is 1. The lowest BCUT2D eigenvalue weighted by atomic mass is 9.95. The summed E-state index contributed by atoms with van der Waals surface area (Å²) in [5.74, 6) is -0.360. The molecule has 3 aliphatic heterocycles. The van der Waals surface area contributed by atoms with E-state index in [0.717, 1.165) is 18.4 Å². The molecule has 4 atom stereocenters. The quantitative estimate of drug-likeness (QED) is 0.602. The zero-order valence-corrected chi connectivity index (χ0v) is 22.5. The van der Waals surface area contributed by atoms with Crippen molar-refractivity contribution in [2.75, 3.05) is 44.9 Å². The minimum Gasteiger partial charge on any atom is -0.377 e. The molecule has 35 heavy (non-hydrogen) atoms. The smallest absolute Gasteiger partial charge is 0.268 e. The SMILES string of the molecule is Cc1ccc(S(=O)(=O)N2CCO[C@@H]2C(=O)N(C)[C@@H]2CCC(C)(C)OC2)c(N2[C@@H](C)COC[C@@H]2C)c1. The summed E-state index contributed by atoms with van der Waals surface area (Å²) >= 11 is 0. The Labute approximate surface area is 209 Å². The molecule has 1 amide bonds. The summed E-state index contributed by atoms with van der Waals surface area (Å²) in [6.45, 7) is 11.8. The van der Waals surface area contributed by atoms with Gasteiger partial charge in [-0.2, -0.15) is 4.31 Å². The molecule has 0 aliphatic carbocycles. The van der Waals surface area contributed by atoms with Gasteiger partial charge in [0, 0.05) is 25.7 Å². The standard InChI is InChI=1S/C25H39N3O6S/c1-17-7-8-22(21(13-17)28-18(2)14-32-15-19(28)3)35(30,31)27-11-12-33-24(27)23(29)26(6)20-9-10-25(4,5)34-16-20/h7-8,13,18-20,24H,9-12,14-16H2,1-6H3/t18-,19-,20+,24+/m0/s1. The van der Waals surface area contributed by atoms with Crippen LogP contribution in [0.3, 0.4) is 0 Å². The van der Waals surface area contributed by atoms with Crippen molar-refractivity contribution in [2.45, 2.75) is 82.3 Å². The first-order chi connectivity index (χ1) is 16.4. The van der Waals surface area contributed by atoms with Crippen LogP contribution in [0.25, 0.3) is 0 Å². The van der Waals surface area contributed by atoms with E-state index in [1.54, 1.807) is 24.1 Å². The highest BCUT2D eigenvalue weighted by Crippen LogP contribution is 2.35. The molecule has 0 aromatic heterocycles. The lowest BCUT2D eigenvalue weighted by Gasteiger charge is -2.42. The molecule has 3 fully saturated rings. The molecule has 10 heteroatoms. The first-order valence-electron chi connectivity index (χ1n) is 12.4. The maximum atomic E-state index is 14.0. The summed E-state index contributed by atoms with van der Waals surface area (Å²) in [5, 5.41) is 0. The van der Waals surface area contributed by atoms with Crippen LogP contribution in [0.1, 0.15) is 46.1 Å². The number of ether oxygens (including phenoxy) is 3. The van der Waals surface area contributed by atoms with Gasteiger partial charge < -0.3 is 24.0 Å². The minimum absolute atomic E-state index is 0.0171. The van der Waals surface area contributed by atoms with Crippen molar-refractivity contribution in [3.05, 3.63) is 23.8 Å². The number of hydrogen-bond acceptors (Lipinski definition) is 7. The second-order valence-electron chi connectivity index (χ2n) is 10.7. The molecule has 0 saturated carbocycles. The maximum Gasteiger partial charge on any atom is 0.268 e. The summed E-state index contributed by atoms with van der Waals surface area (Å²) in [6.07, 6.45) is 0.434. The van der Waals surface area contributed by atoms with Crippen LogP contribution in [0.2, 0.25) is 0 Å². The molecule has 3 saturated heterocycles. The van der Waals surface area contributed by atoms with Crippen LogP contribution in [0, 0.1) is 6.92 Å². The number of rotatable bonds is 5. The summed E-state index contributed by atoms with van der Waals surface area (Å²) in [5.41, 5.74) is 1.40. The van der Waals surface area contributed by atoms with Crippen LogP contribution in [-0.4, -0.2) is 93.5 Å². The summed E-state index contributed by atoms with van der Waals surface area (Å²) in [7, 11) is -2.31. The summed E-state index contributed by atoms with van der Waals surface area (Å²) in [6, 6.07) is 5.27.